The Bertz CT molecular complexity index is 1080. The Morgan fingerprint density at radius 3 is 2.33 bits per heavy atom. The van der Waals surface area contributed by atoms with E-state index in [2.05, 4.69) is 5.10 Å². The molecule has 0 radical (unpaired) electrons. The van der Waals surface area contributed by atoms with Crippen LogP contribution in [-0.4, -0.2) is 39.6 Å². The van der Waals surface area contributed by atoms with Gasteiger partial charge in [-0.05, 0) is 49.6 Å². The number of amides is 2. The van der Waals surface area contributed by atoms with Crippen LogP contribution in [0.25, 0.3) is 0 Å². The van der Waals surface area contributed by atoms with Gasteiger partial charge >= 0.3 is 0 Å². The molecule has 1 fully saturated rings. The molecule has 154 valence electrons. The maximum Gasteiger partial charge on any atom is 0.253 e. The molecule has 2 heterocycles. The van der Waals surface area contributed by atoms with E-state index in [1.807, 2.05) is 79.2 Å². The van der Waals surface area contributed by atoms with E-state index in [0.29, 0.717) is 31.6 Å². The molecule has 3 aromatic rings. The molecule has 4 rings (SSSR count). The van der Waals surface area contributed by atoms with Gasteiger partial charge in [-0.1, -0.05) is 42.5 Å². The summed E-state index contributed by atoms with van der Waals surface area (Å²) in [6.07, 6.45) is 0.547. The molecule has 0 atom stereocenters. The van der Waals surface area contributed by atoms with E-state index in [-0.39, 0.29) is 11.8 Å². The molecule has 1 aliphatic rings. The number of likely N-dealkylation sites (tertiary alicyclic amines) is 1. The van der Waals surface area contributed by atoms with Crippen molar-refractivity contribution in [1.29, 1.82) is 0 Å². The van der Waals surface area contributed by atoms with Gasteiger partial charge in [0.2, 0.25) is 5.91 Å². The lowest BCUT2D eigenvalue weighted by atomic mass is 9.74. The molecule has 0 bridgehead atoms. The van der Waals surface area contributed by atoms with Crippen molar-refractivity contribution >= 4 is 11.8 Å². The number of hydrogen-bond acceptors (Lipinski definition) is 3. The fourth-order valence-corrected chi connectivity index (χ4v) is 4.16. The lowest BCUT2D eigenvalue weighted by molar-refractivity contribution is -0.135. The van der Waals surface area contributed by atoms with Crippen molar-refractivity contribution in [1.82, 2.24) is 14.7 Å². The minimum absolute atomic E-state index is 0.0739. The minimum Gasteiger partial charge on any atom is -0.369 e. The van der Waals surface area contributed by atoms with Gasteiger partial charge in [0.1, 0.15) is 0 Å². The van der Waals surface area contributed by atoms with Crippen LogP contribution < -0.4 is 5.73 Å². The fourth-order valence-electron chi connectivity index (χ4n) is 4.16. The van der Waals surface area contributed by atoms with Gasteiger partial charge in [-0.15, -0.1) is 0 Å². The first kappa shape index (κ1) is 19.9. The summed E-state index contributed by atoms with van der Waals surface area (Å²) in [5.41, 5.74) is 9.76. The molecule has 2 N–H and O–H groups in total. The van der Waals surface area contributed by atoms with Crippen molar-refractivity contribution in [2.45, 2.75) is 26.8 Å². The number of carbonyl (C=O) groups is 2. The lowest BCUT2D eigenvalue weighted by Gasteiger charge is -2.48. The molecule has 6 heteroatoms. The minimum atomic E-state index is -0.696. The molecular weight excluding hydrogens is 376 g/mol. The zero-order chi connectivity index (χ0) is 21.3. The van der Waals surface area contributed by atoms with Gasteiger partial charge in [0.15, 0.2) is 0 Å². The Morgan fingerprint density at radius 2 is 1.70 bits per heavy atom. The lowest BCUT2D eigenvalue weighted by Crippen LogP contribution is -2.64. The second-order valence-electron chi connectivity index (χ2n) is 8.25. The van der Waals surface area contributed by atoms with Crippen molar-refractivity contribution in [2.75, 3.05) is 13.1 Å². The smallest absolute Gasteiger partial charge is 0.253 e. The highest BCUT2D eigenvalue weighted by Crippen LogP contribution is 2.35. The Morgan fingerprint density at radius 1 is 1.00 bits per heavy atom. The molecule has 30 heavy (non-hydrogen) atoms. The predicted octanol–water partition coefficient (Wildman–Crippen LogP) is 2.72. The molecule has 0 unspecified atom stereocenters. The maximum atomic E-state index is 13.0. The fraction of sp³-hybridized carbons (Fsp3) is 0.292. The van der Waals surface area contributed by atoms with E-state index in [4.69, 9.17) is 5.73 Å². The van der Waals surface area contributed by atoms with Crippen LogP contribution in [0.4, 0.5) is 0 Å². The Kier molecular flexibility index (Phi) is 5.16. The predicted molar refractivity (Wildman–Crippen MR) is 115 cm³/mol. The summed E-state index contributed by atoms with van der Waals surface area (Å²) in [5, 5.41) is 4.49. The molecule has 2 aromatic carbocycles. The molecule has 1 saturated heterocycles. The van der Waals surface area contributed by atoms with Crippen LogP contribution in [0.2, 0.25) is 0 Å². The van der Waals surface area contributed by atoms with Crippen LogP contribution in [0, 0.1) is 19.3 Å². The van der Waals surface area contributed by atoms with Crippen molar-refractivity contribution in [2.24, 2.45) is 11.1 Å². The van der Waals surface area contributed by atoms with Crippen LogP contribution in [0.3, 0.4) is 0 Å². The van der Waals surface area contributed by atoms with E-state index in [1.54, 1.807) is 4.90 Å². The summed E-state index contributed by atoms with van der Waals surface area (Å²) in [7, 11) is 0. The summed E-state index contributed by atoms with van der Waals surface area (Å²) in [4.78, 5) is 26.9. The van der Waals surface area contributed by atoms with E-state index in [0.717, 1.165) is 22.5 Å². The number of rotatable bonds is 6. The zero-order valence-corrected chi connectivity index (χ0v) is 17.3. The first-order valence-corrected chi connectivity index (χ1v) is 10.1. The van der Waals surface area contributed by atoms with Crippen molar-refractivity contribution in [3.63, 3.8) is 0 Å². The molecule has 0 spiro atoms. The summed E-state index contributed by atoms with van der Waals surface area (Å²) in [6.45, 7) is 5.29. The first-order valence-electron chi connectivity index (χ1n) is 10.1. The first-order chi connectivity index (χ1) is 14.4. The molecule has 6 nitrogen and oxygen atoms in total. The molecule has 0 saturated carbocycles. The maximum absolute atomic E-state index is 13.0. The summed E-state index contributed by atoms with van der Waals surface area (Å²) >= 11 is 0. The third-order valence-corrected chi connectivity index (χ3v) is 5.79. The topological polar surface area (TPSA) is 81.2 Å². The van der Waals surface area contributed by atoms with Gasteiger partial charge in [0.05, 0.1) is 17.7 Å². The van der Waals surface area contributed by atoms with Crippen molar-refractivity contribution in [3.8, 4) is 0 Å². The number of nitrogens with zero attached hydrogens (tertiary/aromatic N) is 3. The number of hydrogen-bond donors (Lipinski definition) is 1. The summed E-state index contributed by atoms with van der Waals surface area (Å²) in [5.74, 6) is -0.427. The van der Waals surface area contributed by atoms with Gasteiger partial charge in [-0.2, -0.15) is 5.10 Å². The highest BCUT2D eigenvalue weighted by molar-refractivity contribution is 5.97. The number of aromatic nitrogens is 2. The highest BCUT2D eigenvalue weighted by Gasteiger charge is 2.49. The molecule has 1 aliphatic heterocycles. The normalized spacial score (nSPS) is 14.9. The highest BCUT2D eigenvalue weighted by atomic mass is 16.2. The van der Waals surface area contributed by atoms with Crippen molar-refractivity contribution < 1.29 is 9.59 Å². The third kappa shape index (κ3) is 3.85. The number of aryl methyl sites for hydroxylation is 2. The third-order valence-electron chi connectivity index (χ3n) is 5.79. The number of benzene rings is 2. The van der Waals surface area contributed by atoms with Gasteiger partial charge in [-0.25, -0.2) is 0 Å². The van der Waals surface area contributed by atoms with Crippen LogP contribution in [0.1, 0.15) is 32.9 Å². The summed E-state index contributed by atoms with van der Waals surface area (Å²) in [6, 6.07) is 19.4. The molecule has 1 aromatic heterocycles. The average Bonchev–Trinajstić information content (AvgIpc) is 3.01. The second-order valence-corrected chi connectivity index (χ2v) is 8.25. The summed E-state index contributed by atoms with van der Waals surface area (Å²) < 4.78 is 1.93. The average molecular weight is 402 g/mol. The quantitative estimate of drug-likeness (QED) is 0.688. The van der Waals surface area contributed by atoms with Gasteiger partial charge < -0.3 is 10.6 Å². The van der Waals surface area contributed by atoms with E-state index in [1.165, 1.54) is 0 Å². The zero-order valence-electron chi connectivity index (χ0n) is 17.3. The van der Waals surface area contributed by atoms with Crippen LogP contribution >= 0.6 is 0 Å². The van der Waals surface area contributed by atoms with Gasteiger partial charge in [0, 0.05) is 24.3 Å². The van der Waals surface area contributed by atoms with Gasteiger partial charge in [0.25, 0.3) is 5.91 Å². The van der Waals surface area contributed by atoms with Gasteiger partial charge in [-0.3, -0.25) is 14.3 Å². The Hall–Kier alpha value is -3.41. The number of primary amides is 1. The number of carbonyl (C=O) groups excluding carboxylic acids is 2. The molecule has 2 amide bonds. The molecular formula is C24H26N4O2. The molecule has 0 aliphatic carbocycles. The largest absolute Gasteiger partial charge is 0.369 e. The Balaban J connectivity index is 1.46. The van der Waals surface area contributed by atoms with E-state index >= 15 is 0 Å². The van der Waals surface area contributed by atoms with Crippen LogP contribution in [-0.2, 0) is 17.8 Å². The van der Waals surface area contributed by atoms with E-state index < -0.39 is 5.41 Å². The van der Waals surface area contributed by atoms with E-state index in [9.17, 15) is 9.59 Å². The Labute approximate surface area is 176 Å². The SMILES string of the molecule is Cc1cc(C)n(Cc2cccc(C(=O)N3CC(Cc4ccccc4)(C(N)=O)C3)c2)n1. The number of nitrogens with two attached hydrogens (primary N) is 1. The van der Waals surface area contributed by atoms with Crippen LogP contribution in [0.5, 0.6) is 0 Å². The second kappa shape index (κ2) is 7.78. The standard InChI is InChI=1S/C24H26N4O2/c1-17-11-18(2)28(26-17)14-20-9-6-10-21(12-20)22(29)27-15-24(16-27,23(25)30)13-19-7-4-3-5-8-19/h3-12H,13-16H2,1-2H3,(H2,25,30). The van der Waals surface area contributed by atoms with Crippen molar-refractivity contribution in [3.05, 3.63) is 88.7 Å². The monoisotopic (exact) mass is 402 g/mol. The van der Waals surface area contributed by atoms with Crippen LogP contribution in [0.15, 0.2) is 60.7 Å².